The van der Waals surface area contributed by atoms with Gasteiger partial charge < -0.3 is 0 Å². The van der Waals surface area contributed by atoms with Gasteiger partial charge in [0.25, 0.3) is 0 Å². The van der Waals surface area contributed by atoms with Crippen molar-refractivity contribution in [3.05, 3.63) is 42.0 Å². The predicted octanol–water partition coefficient (Wildman–Crippen LogP) is 3.99. The smallest absolute Gasteiger partial charge is 0.244 e. The first kappa shape index (κ1) is 15.8. The van der Waals surface area contributed by atoms with Crippen LogP contribution in [0.3, 0.4) is 0 Å². The van der Waals surface area contributed by atoms with Gasteiger partial charge in [-0.25, -0.2) is 10.4 Å². The Bertz CT molecular complexity index is 496. The molecule has 1 atom stereocenters. The van der Waals surface area contributed by atoms with Crippen LogP contribution in [0.2, 0.25) is 0 Å². The third kappa shape index (κ3) is 4.43. The Labute approximate surface area is 128 Å². The molecule has 0 heterocycles. The Balaban J connectivity index is 2.14. The van der Waals surface area contributed by atoms with Crippen molar-refractivity contribution >= 4 is 11.6 Å². The van der Waals surface area contributed by atoms with Crippen molar-refractivity contribution in [2.24, 2.45) is 5.92 Å². The lowest BCUT2D eigenvalue weighted by Gasteiger charge is -2.28. The zero-order chi connectivity index (χ0) is 15.1. The zero-order valence-corrected chi connectivity index (χ0v) is 13.1. The molecule has 1 aliphatic rings. The van der Waals surface area contributed by atoms with Gasteiger partial charge in [-0.2, -0.15) is 0 Å². The number of aryl methyl sites for hydroxylation is 1. The van der Waals surface area contributed by atoms with Crippen LogP contribution in [0.15, 0.2) is 36.4 Å². The Kier molecular flexibility index (Phi) is 6.00. The van der Waals surface area contributed by atoms with Gasteiger partial charge in [0.1, 0.15) is 0 Å². The summed E-state index contributed by atoms with van der Waals surface area (Å²) in [6, 6.07) is 8.13. The number of unbranched alkanes of at least 4 members (excludes halogenated alkanes) is 1. The molecule has 3 heteroatoms. The molecule has 0 radical (unpaired) electrons. The first-order chi connectivity index (χ1) is 10.2. The average molecular weight is 286 g/mol. The molecule has 1 aromatic carbocycles. The van der Waals surface area contributed by atoms with E-state index in [0.717, 1.165) is 44.3 Å². The fourth-order valence-electron chi connectivity index (χ4n) is 2.63. The molecule has 1 unspecified atom stereocenters. The maximum absolute atomic E-state index is 12.8. The van der Waals surface area contributed by atoms with E-state index in [1.165, 1.54) is 5.56 Å². The number of rotatable bonds is 6. The van der Waals surface area contributed by atoms with E-state index in [1.54, 1.807) is 5.01 Å². The summed E-state index contributed by atoms with van der Waals surface area (Å²) in [4.78, 5) is 12.8. The van der Waals surface area contributed by atoms with Gasteiger partial charge in [-0.15, -0.1) is 0 Å². The Hall–Kier alpha value is -1.61. The molecule has 0 aliphatic heterocycles. The van der Waals surface area contributed by atoms with Crippen molar-refractivity contribution in [3.8, 4) is 0 Å². The van der Waals surface area contributed by atoms with Crippen LogP contribution in [0.25, 0.3) is 0 Å². The minimum Gasteiger partial charge on any atom is -0.273 e. The molecule has 2 rings (SSSR count). The van der Waals surface area contributed by atoms with Crippen LogP contribution in [0, 0.1) is 12.8 Å². The van der Waals surface area contributed by atoms with Gasteiger partial charge in [0.2, 0.25) is 5.91 Å². The molecule has 0 spiro atoms. The standard InChI is InChI=1S/C18H26N2O/c1-3-4-13-19-20(17-12-8-9-15(2)14-17)18(21)16-10-6-5-7-11-16/h5-6,8-9,12,14,16,19H,3-4,7,10-11,13H2,1-2H3. The number of allylic oxidation sites excluding steroid dienone is 2. The van der Waals surface area contributed by atoms with Crippen molar-refractivity contribution < 1.29 is 4.79 Å². The number of nitrogens with one attached hydrogen (secondary N) is 1. The molecule has 1 aliphatic carbocycles. The van der Waals surface area contributed by atoms with E-state index in [0.29, 0.717) is 0 Å². The molecule has 1 aromatic rings. The fourth-order valence-corrected chi connectivity index (χ4v) is 2.63. The topological polar surface area (TPSA) is 32.3 Å². The van der Waals surface area contributed by atoms with E-state index in [1.807, 2.05) is 12.1 Å². The van der Waals surface area contributed by atoms with Crippen molar-refractivity contribution in [2.45, 2.75) is 46.0 Å². The highest BCUT2D eigenvalue weighted by atomic mass is 16.2. The maximum atomic E-state index is 12.8. The summed E-state index contributed by atoms with van der Waals surface area (Å²) in [6.45, 7) is 5.05. The summed E-state index contributed by atoms with van der Waals surface area (Å²) in [5, 5.41) is 1.77. The number of carbonyl (C=O) groups excluding carboxylic acids is 1. The molecule has 0 fully saturated rings. The summed E-state index contributed by atoms with van der Waals surface area (Å²) in [5.74, 6) is 0.297. The largest absolute Gasteiger partial charge is 0.273 e. The van der Waals surface area contributed by atoms with Crippen molar-refractivity contribution in [1.82, 2.24) is 5.43 Å². The van der Waals surface area contributed by atoms with Crippen LogP contribution in [0.4, 0.5) is 5.69 Å². The fraction of sp³-hybridized carbons (Fsp3) is 0.500. The van der Waals surface area contributed by atoms with Crippen LogP contribution in [-0.4, -0.2) is 12.5 Å². The number of benzene rings is 1. The number of hydrogen-bond acceptors (Lipinski definition) is 2. The third-order valence-electron chi connectivity index (χ3n) is 3.90. The lowest BCUT2D eigenvalue weighted by molar-refractivity contribution is -0.123. The highest BCUT2D eigenvalue weighted by Crippen LogP contribution is 2.23. The van der Waals surface area contributed by atoms with E-state index in [2.05, 4.69) is 43.6 Å². The summed E-state index contributed by atoms with van der Waals surface area (Å²) < 4.78 is 0. The van der Waals surface area contributed by atoms with E-state index >= 15 is 0 Å². The summed E-state index contributed by atoms with van der Waals surface area (Å²) >= 11 is 0. The predicted molar refractivity (Wildman–Crippen MR) is 88.1 cm³/mol. The number of hydrogen-bond donors (Lipinski definition) is 1. The first-order valence-electron chi connectivity index (χ1n) is 8.01. The Morgan fingerprint density at radius 3 is 2.90 bits per heavy atom. The Morgan fingerprint density at radius 2 is 2.24 bits per heavy atom. The van der Waals surface area contributed by atoms with Gasteiger partial charge in [0, 0.05) is 12.5 Å². The van der Waals surface area contributed by atoms with Crippen LogP contribution in [0.5, 0.6) is 0 Å². The van der Waals surface area contributed by atoms with Gasteiger partial charge >= 0.3 is 0 Å². The lowest BCUT2D eigenvalue weighted by Crippen LogP contribution is -2.46. The molecule has 0 saturated carbocycles. The summed E-state index contributed by atoms with van der Waals surface area (Å²) in [7, 11) is 0. The molecule has 114 valence electrons. The second-order valence-corrected chi connectivity index (χ2v) is 5.76. The second kappa shape index (κ2) is 7.99. The molecule has 0 bridgehead atoms. The van der Waals surface area contributed by atoms with Crippen LogP contribution >= 0.6 is 0 Å². The van der Waals surface area contributed by atoms with E-state index in [9.17, 15) is 4.79 Å². The average Bonchev–Trinajstić information content (AvgIpc) is 2.52. The molecule has 3 nitrogen and oxygen atoms in total. The number of nitrogens with zero attached hydrogens (tertiary/aromatic N) is 1. The number of amides is 1. The van der Waals surface area contributed by atoms with E-state index < -0.39 is 0 Å². The van der Waals surface area contributed by atoms with E-state index in [-0.39, 0.29) is 11.8 Å². The van der Waals surface area contributed by atoms with Gasteiger partial charge in [0.05, 0.1) is 5.69 Å². The van der Waals surface area contributed by atoms with Crippen molar-refractivity contribution in [2.75, 3.05) is 11.6 Å². The van der Waals surface area contributed by atoms with Gasteiger partial charge in [-0.05, 0) is 50.3 Å². The van der Waals surface area contributed by atoms with Gasteiger partial charge in [-0.3, -0.25) is 4.79 Å². The van der Waals surface area contributed by atoms with Crippen molar-refractivity contribution in [3.63, 3.8) is 0 Å². The minimum absolute atomic E-state index is 0.102. The molecule has 1 N–H and O–H groups in total. The van der Waals surface area contributed by atoms with Gasteiger partial charge in [0.15, 0.2) is 0 Å². The summed E-state index contributed by atoms with van der Waals surface area (Å²) in [6.07, 6.45) is 9.31. The maximum Gasteiger partial charge on any atom is 0.244 e. The van der Waals surface area contributed by atoms with E-state index in [4.69, 9.17) is 0 Å². The molecule has 1 amide bonds. The SMILES string of the molecule is CCCCNN(C(=O)C1CC=CCC1)c1cccc(C)c1. The first-order valence-corrected chi connectivity index (χ1v) is 8.01. The number of anilines is 1. The zero-order valence-electron chi connectivity index (χ0n) is 13.1. The normalized spacial score (nSPS) is 17.7. The molecular weight excluding hydrogens is 260 g/mol. The van der Waals surface area contributed by atoms with Gasteiger partial charge in [-0.1, -0.05) is 37.6 Å². The molecule has 0 saturated heterocycles. The minimum atomic E-state index is 0.102. The number of hydrazine groups is 1. The highest BCUT2D eigenvalue weighted by Gasteiger charge is 2.25. The molecule has 21 heavy (non-hydrogen) atoms. The quantitative estimate of drug-likeness (QED) is 0.487. The molecule has 0 aromatic heterocycles. The number of carbonyl (C=O) groups is 1. The monoisotopic (exact) mass is 286 g/mol. The van der Waals surface area contributed by atoms with Crippen LogP contribution < -0.4 is 10.4 Å². The summed E-state index contributed by atoms with van der Waals surface area (Å²) in [5.41, 5.74) is 5.44. The van der Waals surface area contributed by atoms with Crippen LogP contribution in [0.1, 0.15) is 44.6 Å². The highest BCUT2D eigenvalue weighted by molar-refractivity contribution is 5.94. The Morgan fingerprint density at radius 1 is 1.38 bits per heavy atom. The van der Waals surface area contributed by atoms with Crippen LogP contribution in [-0.2, 0) is 4.79 Å². The lowest BCUT2D eigenvalue weighted by atomic mass is 9.93. The second-order valence-electron chi connectivity index (χ2n) is 5.76. The van der Waals surface area contributed by atoms with Crippen molar-refractivity contribution in [1.29, 1.82) is 0 Å². The third-order valence-corrected chi connectivity index (χ3v) is 3.90. The molecular formula is C18H26N2O.